The molecule has 0 rings (SSSR count). The highest BCUT2D eigenvalue weighted by atomic mass is 16.5. The minimum absolute atomic E-state index is 0.0248. The normalized spacial score (nSPS) is 9.89. The fourth-order valence-electron chi connectivity index (χ4n) is 1.54. The molecule has 0 aromatic heterocycles. The van der Waals surface area contributed by atoms with E-state index < -0.39 is 0 Å². The van der Waals surface area contributed by atoms with E-state index in [1.54, 1.807) is 0 Å². The van der Waals surface area contributed by atoms with Crippen molar-refractivity contribution in [2.24, 2.45) is 0 Å². The van der Waals surface area contributed by atoms with Gasteiger partial charge in [-0.15, -0.1) is 0 Å². The Hall–Kier alpha value is -1.32. The van der Waals surface area contributed by atoms with E-state index >= 15 is 0 Å². The lowest BCUT2D eigenvalue weighted by Gasteiger charge is -2.20. The second-order valence-corrected chi connectivity index (χ2v) is 4.25. The van der Waals surface area contributed by atoms with Gasteiger partial charge in [-0.05, 0) is 18.9 Å². The number of carbonyl (C=O) groups excluding carboxylic acids is 2. The van der Waals surface area contributed by atoms with E-state index in [2.05, 4.69) is 13.5 Å². The molecule has 0 aliphatic carbocycles. The number of hydrogen-bond acceptors (Lipinski definition) is 3. The lowest BCUT2D eigenvalue weighted by atomic mass is 10.2. The van der Waals surface area contributed by atoms with Crippen LogP contribution in [0.4, 0.5) is 0 Å². The molecule has 0 atom stereocenters. The van der Waals surface area contributed by atoms with Crippen LogP contribution in [0.1, 0.15) is 46.0 Å². The predicted octanol–water partition coefficient (Wildman–Crippen LogP) is 2.53. The second kappa shape index (κ2) is 10.8. The summed E-state index contributed by atoms with van der Waals surface area (Å²) in [6.45, 7) is 8.54. The minimum Gasteiger partial charge on any atom is -0.464 e. The summed E-state index contributed by atoms with van der Waals surface area (Å²) in [4.78, 5) is 24.6. The van der Waals surface area contributed by atoms with Crippen molar-refractivity contribution < 1.29 is 14.3 Å². The first-order valence-electron chi connectivity index (χ1n) is 6.72. The standard InChI is InChI=1S/C14H25NO3/c1-4-7-8-9-10-15(13(16)6-3)12-14(17)18-11-5-2/h6H,3-5,7-12H2,1-2H3. The third-order valence-electron chi connectivity index (χ3n) is 2.56. The number of ether oxygens (including phenoxy) is 1. The molecule has 0 unspecified atom stereocenters. The molecule has 0 aliphatic rings. The summed E-state index contributed by atoms with van der Waals surface area (Å²) in [5, 5.41) is 0. The summed E-state index contributed by atoms with van der Waals surface area (Å²) in [6, 6.07) is 0. The molecule has 0 fully saturated rings. The van der Waals surface area contributed by atoms with Crippen LogP contribution >= 0.6 is 0 Å². The zero-order valence-electron chi connectivity index (χ0n) is 11.6. The van der Waals surface area contributed by atoms with Gasteiger partial charge >= 0.3 is 5.97 Å². The smallest absolute Gasteiger partial charge is 0.325 e. The van der Waals surface area contributed by atoms with Gasteiger partial charge in [-0.1, -0.05) is 39.7 Å². The van der Waals surface area contributed by atoms with E-state index in [0.717, 1.165) is 32.1 Å². The van der Waals surface area contributed by atoms with Crippen LogP contribution in [0.2, 0.25) is 0 Å². The maximum atomic E-state index is 11.6. The molecule has 104 valence electrons. The van der Waals surface area contributed by atoms with Crippen molar-refractivity contribution in [3.63, 3.8) is 0 Å². The van der Waals surface area contributed by atoms with Crippen molar-refractivity contribution in [1.29, 1.82) is 0 Å². The molecular weight excluding hydrogens is 230 g/mol. The van der Waals surface area contributed by atoms with Crippen LogP contribution in [-0.2, 0) is 14.3 Å². The molecule has 0 aromatic rings. The maximum absolute atomic E-state index is 11.6. The van der Waals surface area contributed by atoms with E-state index in [4.69, 9.17) is 4.74 Å². The fourth-order valence-corrected chi connectivity index (χ4v) is 1.54. The summed E-state index contributed by atoms with van der Waals surface area (Å²) in [7, 11) is 0. The van der Waals surface area contributed by atoms with Gasteiger partial charge in [0.2, 0.25) is 5.91 Å². The zero-order valence-corrected chi connectivity index (χ0v) is 11.6. The average Bonchev–Trinajstić information content (AvgIpc) is 2.38. The Labute approximate surface area is 110 Å². The van der Waals surface area contributed by atoms with E-state index in [1.165, 1.54) is 11.0 Å². The Balaban J connectivity index is 4.10. The average molecular weight is 255 g/mol. The lowest BCUT2D eigenvalue weighted by molar-refractivity contribution is -0.148. The summed E-state index contributed by atoms with van der Waals surface area (Å²) in [6.07, 6.45) is 6.31. The number of carbonyl (C=O) groups is 2. The Morgan fingerprint density at radius 3 is 2.44 bits per heavy atom. The van der Waals surface area contributed by atoms with E-state index in [-0.39, 0.29) is 18.4 Å². The molecule has 1 amide bonds. The van der Waals surface area contributed by atoms with Gasteiger partial charge in [-0.2, -0.15) is 0 Å². The summed E-state index contributed by atoms with van der Waals surface area (Å²) in [5.74, 6) is -0.553. The Morgan fingerprint density at radius 1 is 1.17 bits per heavy atom. The molecule has 0 N–H and O–H groups in total. The van der Waals surface area contributed by atoms with Crippen LogP contribution in [0, 0.1) is 0 Å². The largest absolute Gasteiger partial charge is 0.464 e. The molecule has 0 saturated heterocycles. The Morgan fingerprint density at radius 2 is 1.89 bits per heavy atom. The molecule has 4 nitrogen and oxygen atoms in total. The van der Waals surface area contributed by atoms with Crippen molar-refractivity contribution >= 4 is 11.9 Å². The van der Waals surface area contributed by atoms with E-state index in [1.807, 2.05) is 6.92 Å². The third kappa shape index (κ3) is 7.87. The third-order valence-corrected chi connectivity index (χ3v) is 2.56. The first kappa shape index (κ1) is 16.7. The summed E-state index contributed by atoms with van der Waals surface area (Å²) in [5.41, 5.74) is 0. The Bertz CT molecular complexity index is 264. The summed E-state index contributed by atoms with van der Waals surface area (Å²) >= 11 is 0. The number of nitrogens with zero attached hydrogens (tertiary/aromatic N) is 1. The maximum Gasteiger partial charge on any atom is 0.325 e. The van der Waals surface area contributed by atoms with E-state index in [0.29, 0.717) is 13.2 Å². The van der Waals surface area contributed by atoms with Crippen LogP contribution in [0.3, 0.4) is 0 Å². The van der Waals surface area contributed by atoms with Crippen LogP contribution in [0.25, 0.3) is 0 Å². The van der Waals surface area contributed by atoms with Crippen LogP contribution in [0.15, 0.2) is 12.7 Å². The second-order valence-electron chi connectivity index (χ2n) is 4.25. The first-order chi connectivity index (χ1) is 8.65. The van der Waals surface area contributed by atoms with Gasteiger partial charge in [0.05, 0.1) is 6.61 Å². The molecule has 0 heterocycles. The summed E-state index contributed by atoms with van der Waals surface area (Å²) < 4.78 is 4.98. The fraction of sp³-hybridized carbons (Fsp3) is 0.714. The highest BCUT2D eigenvalue weighted by Gasteiger charge is 2.14. The lowest BCUT2D eigenvalue weighted by Crippen LogP contribution is -2.36. The minimum atomic E-state index is -0.345. The highest BCUT2D eigenvalue weighted by molar-refractivity contribution is 5.89. The number of rotatable bonds is 10. The van der Waals surface area contributed by atoms with Gasteiger partial charge in [0.25, 0.3) is 0 Å². The zero-order chi connectivity index (χ0) is 13.8. The van der Waals surface area contributed by atoms with Gasteiger partial charge in [0, 0.05) is 6.54 Å². The van der Waals surface area contributed by atoms with Gasteiger partial charge in [-0.25, -0.2) is 0 Å². The Kier molecular flexibility index (Phi) is 10.0. The number of hydrogen-bond donors (Lipinski definition) is 0. The van der Waals surface area contributed by atoms with E-state index in [9.17, 15) is 9.59 Å². The van der Waals surface area contributed by atoms with Gasteiger partial charge in [-0.3, -0.25) is 9.59 Å². The monoisotopic (exact) mass is 255 g/mol. The van der Waals surface area contributed by atoms with Crippen molar-refractivity contribution in [3.8, 4) is 0 Å². The van der Waals surface area contributed by atoms with Gasteiger partial charge in [0.15, 0.2) is 0 Å². The van der Waals surface area contributed by atoms with Crippen molar-refractivity contribution in [2.75, 3.05) is 19.7 Å². The number of esters is 1. The molecule has 4 heteroatoms. The van der Waals surface area contributed by atoms with Crippen LogP contribution in [-0.4, -0.2) is 36.5 Å². The number of unbranched alkanes of at least 4 members (excludes halogenated alkanes) is 3. The molecular formula is C14H25NO3. The van der Waals surface area contributed by atoms with Crippen molar-refractivity contribution in [2.45, 2.75) is 46.0 Å². The number of amides is 1. The molecule has 0 aliphatic heterocycles. The molecule has 0 bridgehead atoms. The van der Waals surface area contributed by atoms with Crippen LogP contribution < -0.4 is 0 Å². The van der Waals surface area contributed by atoms with Gasteiger partial charge < -0.3 is 9.64 Å². The van der Waals surface area contributed by atoms with Crippen molar-refractivity contribution in [3.05, 3.63) is 12.7 Å². The van der Waals surface area contributed by atoms with Gasteiger partial charge in [0.1, 0.15) is 6.54 Å². The van der Waals surface area contributed by atoms with Crippen molar-refractivity contribution in [1.82, 2.24) is 4.90 Å². The molecule has 0 spiro atoms. The highest BCUT2D eigenvalue weighted by Crippen LogP contribution is 2.02. The SMILES string of the molecule is C=CC(=O)N(CCCCCC)CC(=O)OCCC. The quantitative estimate of drug-likeness (QED) is 0.342. The molecule has 0 aromatic carbocycles. The molecule has 18 heavy (non-hydrogen) atoms. The first-order valence-corrected chi connectivity index (χ1v) is 6.72. The topological polar surface area (TPSA) is 46.6 Å². The molecule has 0 radical (unpaired) electrons. The predicted molar refractivity (Wildman–Crippen MR) is 72.2 cm³/mol. The molecule has 0 saturated carbocycles. The van der Waals surface area contributed by atoms with Crippen LogP contribution in [0.5, 0.6) is 0 Å².